The van der Waals surface area contributed by atoms with Crippen molar-refractivity contribution in [1.29, 1.82) is 0 Å². The van der Waals surface area contributed by atoms with Gasteiger partial charge in [-0.1, -0.05) is 42.5 Å². The average Bonchev–Trinajstić information content (AvgIpc) is 2.75. The summed E-state index contributed by atoms with van der Waals surface area (Å²) in [5, 5.41) is 3.52. The predicted molar refractivity (Wildman–Crippen MR) is 86.9 cm³/mol. The van der Waals surface area contributed by atoms with Crippen LogP contribution in [0.2, 0.25) is 0 Å². The zero-order chi connectivity index (χ0) is 14.3. The molecule has 1 N–H and O–H groups in total. The van der Waals surface area contributed by atoms with Crippen LogP contribution in [-0.2, 0) is 6.54 Å². The topological polar surface area (TPSA) is 24.5 Å². The summed E-state index contributed by atoms with van der Waals surface area (Å²) in [5.41, 5.74) is 2.55. The second kappa shape index (κ2) is 7.14. The lowest BCUT2D eigenvalue weighted by atomic mass is 10.2. The fourth-order valence-corrected chi connectivity index (χ4v) is 2.67. The summed E-state index contributed by atoms with van der Waals surface area (Å²) in [7, 11) is 0. The second-order valence-corrected chi connectivity index (χ2v) is 5.32. The molecule has 0 unspecified atom stereocenters. The van der Waals surface area contributed by atoms with Crippen molar-refractivity contribution in [2.45, 2.75) is 13.0 Å². The Balaban J connectivity index is 1.53. The van der Waals surface area contributed by atoms with Gasteiger partial charge in [0.1, 0.15) is 5.75 Å². The first-order valence-corrected chi connectivity index (χ1v) is 7.65. The van der Waals surface area contributed by atoms with E-state index in [0.717, 1.165) is 45.0 Å². The van der Waals surface area contributed by atoms with Crippen LogP contribution in [0.5, 0.6) is 5.75 Å². The van der Waals surface area contributed by atoms with Crippen LogP contribution in [0.1, 0.15) is 12.0 Å². The smallest absolute Gasteiger partial charge is 0.142 e. The maximum Gasteiger partial charge on any atom is 0.142 e. The molecule has 0 spiro atoms. The number of ether oxygens (including phenoxy) is 1. The van der Waals surface area contributed by atoms with Gasteiger partial charge in [0.2, 0.25) is 0 Å². The third kappa shape index (κ3) is 3.76. The zero-order valence-corrected chi connectivity index (χ0v) is 12.3. The third-order valence-corrected chi connectivity index (χ3v) is 3.77. The van der Waals surface area contributed by atoms with Gasteiger partial charge in [-0.05, 0) is 24.1 Å². The number of rotatable bonds is 5. The van der Waals surface area contributed by atoms with Crippen LogP contribution < -0.4 is 15.0 Å². The largest absolute Gasteiger partial charge is 0.491 e. The highest BCUT2D eigenvalue weighted by Crippen LogP contribution is 2.29. The first kappa shape index (κ1) is 14.0. The van der Waals surface area contributed by atoms with Crippen LogP contribution in [-0.4, -0.2) is 26.2 Å². The van der Waals surface area contributed by atoms with Crippen molar-refractivity contribution < 1.29 is 4.74 Å². The van der Waals surface area contributed by atoms with Crippen LogP contribution in [0, 0.1) is 0 Å². The Morgan fingerprint density at radius 2 is 1.81 bits per heavy atom. The van der Waals surface area contributed by atoms with Gasteiger partial charge in [0.25, 0.3) is 0 Å². The highest BCUT2D eigenvalue weighted by Gasteiger charge is 2.14. The quantitative estimate of drug-likeness (QED) is 0.853. The Labute approximate surface area is 126 Å². The highest BCUT2D eigenvalue weighted by molar-refractivity contribution is 5.58. The number of para-hydroxylation sites is 2. The summed E-state index contributed by atoms with van der Waals surface area (Å²) >= 11 is 0. The van der Waals surface area contributed by atoms with Crippen LogP contribution in [0.25, 0.3) is 0 Å². The molecule has 21 heavy (non-hydrogen) atoms. The number of nitrogens with zero attached hydrogens (tertiary/aromatic N) is 1. The Hall–Kier alpha value is -2.00. The van der Waals surface area contributed by atoms with Gasteiger partial charge in [-0.2, -0.15) is 0 Å². The average molecular weight is 282 g/mol. The minimum Gasteiger partial charge on any atom is -0.491 e. The number of hydrogen-bond donors (Lipinski definition) is 1. The van der Waals surface area contributed by atoms with E-state index in [1.54, 1.807) is 0 Å². The van der Waals surface area contributed by atoms with Gasteiger partial charge in [0, 0.05) is 26.2 Å². The van der Waals surface area contributed by atoms with Crippen LogP contribution in [0.3, 0.4) is 0 Å². The van der Waals surface area contributed by atoms with Gasteiger partial charge < -0.3 is 15.0 Å². The van der Waals surface area contributed by atoms with Gasteiger partial charge in [-0.15, -0.1) is 0 Å². The molecule has 1 heterocycles. The van der Waals surface area contributed by atoms with Crippen molar-refractivity contribution in [3.63, 3.8) is 0 Å². The van der Waals surface area contributed by atoms with Crippen molar-refractivity contribution in [1.82, 2.24) is 5.32 Å². The molecule has 3 rings (SSSR count). The van der Waals surface area contributed by atoms with Gasteiger partial charge in [0.05, 0.1) is 12.3 Å². The summed E-state index contributed by atoms with van der Waals surface area (Å²) in [6, 6.07) is 18.9. The minimum atomic E-state index is 0.810. The number of hydrogen-bond acceptors (Lipinski definition) is 3. The van der Waals surface area contributed by atoms with E-state index in [1.807, 2.05) is 6.07 Å². The van der Waals surface area contributed by atoms with Crippen LogP contribution in [0.4, 0.5) is 5.69 Å². The third-order valence-electron chi connectivity index (χ3n) is 3.77. The van der Waals surface area contributed by atoms with Gasteiger partial charge in [-0.3, -0.25) is 0 Å². The normalized spacial score (nSPS) is 14.2. The Morgan fingerprint density at radius 3 is 2.71 bits per heavy atom. The molecular weight excluding hydrogens is 260 g/mol. The van der Waals surface area contributed by atoms with E-state index >= 15 is 0 Å². The molecular formula is C18H22N2O. The molecule has 110 valence electrons. The van der Waals surface area contributed by atoms with Crippen molar-refractivity contribution >= 4 is 5.69 Å². The summed E-state index contributed by atoms with van der Waals surface area (Å²) < 4.78 is 5.79. The molecule has 0 aliphatic carbocycles. The fourth-order valence-electron chi connectivity index (χ4n) is 2.67. The van der Waals surface area contributed by atoms with E-state index in [2.05, 4.69) is 58.7 Å². The molecule has 0 aromatic heterocycles. The molecule has 3 heteroatoms. The SMILES string of the molecule is c1ccc(CNCCN2CCCOc3ccccc32)cc1. The molecule has 2 aromatic carbocycles. The molecule has 0 atom stereocenters. The molecule has 3 nitrogen and oxygen atoms in total. The molecule has 0 radical (unpaired) electrons. The Morgan fingerprint density at radius 1 is 1.00 bits per heavy atom. The van der Waals surface area contributed by atoms with E-state index in [0.29, 0.717) is 0 Å². The number of anilines is 1. The predicted octanol–water partition coefficient (Wildman–Crippen LogP) is 3.07. The lowest BCUT2D eigenvalue weighted by molar-refractivity contribution is 0.322. The van der Waals surface area contributed by atoms with Crippen molar-refractivity contribution in [3.8, 4) is 5.75 Å². The minimum absolute atomic E-state index is 0.810. The Bertz CT molecular complexity index is 556. The molecule has 0 amide bonds. The molecule has 1 aliphatic rings. The lowest BCUT2D eigenvalue weighted by Crippen LogP contribution is -2.32. The molecule has 1 aliphatic heterocycles. The maximum atomic E-state index is 5.79. The van der Waals surface area contributed by atoms with E-state index in [-0.39, 0.29) is 0 Å². The van der Waals surface area contributed by atoms with E-state index in [9.17, 15) is 0 Å². The number of nitrogens with one attached hydrogen (secondary N) is 1. The molecule has 2 aromatic rings. The van der Waals surface area contributed by atoms with Crippen molar-refractivity contribution in [3.05, 3.63) is 60.2 Å². The summed E-state index contributed by atoms with van der Waals surface area (Å²) in [5.74, 6) is 1.01. The molecule has 0 saturated heterocycles. The van der Waals surface area contributed by atoms with E-state index < -0.39 is 0 Å². The van der Waals surface area contributed by atoms with Crippen molar-refractivity contribution in [2.24, 2.45) is 0 Å². The fraction of sp³-hybridized carbons (Fsp3) is 0.333. The summed E-state index contributed by atoms with van der Waals surface area (Å²) in [6.45, 7) is 4.78. The lowest BCUT2D eigenvalue weighted by Gasteiger charge is -2.23. The molecule has 0 fully saturated rings. The number of benzene rings is 2. The van der Waals surface area contributed by atoms with Crippen LogP contribution in [0.15, 0.2) is 54.6 Å². The second-order valence-electron chi connectivity index (χ2n) is 5.32. The molecule has 0 saturated carbocycles. The zero-order valence-electron chi connectivity index (χ0n) is 12.3. The standard InChI is InChI=1S/C18H22N2O/c1-2-7-16(8-3-1)15-19-11-13-20-12-6-14-21-18-10-5-4-9-17(18)20/h1-5,7-10,19H,6,11-15H2. The first-order valence-electron chi connectivity index (χ1n) is 7.65. The number of fused-ring (bicyclic) bond motifs is 1. The molecule has 0 bridgehead atoms. The van der Waals surface area contributed by atoms with E-state index in [4.69, 9.17) is 4.74 Å². The van der Waals surface area contributed by atoms with E-state index in [1.165, 1.54) is 11.3 Å². The maximum absolute atomic E-state index is 5.79. The van der Waals surface area contributed by atoms with Crippen molar-refractivity contribution in [2.75, 3.05) is 31.1 Å². The van der Waals surface area contributed by atoms with Gasteiger partial charge in [0.15, 0.2) is 0 Å². The first-order chi connectivity index (χ1) is 10.4. The summed E-state index contributed by atoms with van der Waals surface area (Å²) in [4.78, 5) is 2.42. The Kier molecular flexibility index (Phi) is 4.74. The summed E-state index contributed by atoms with van der Waals surface area (Å²) in [6.07, 6.45) is 1.08. The highest BCUT2D eigenvalue weighted by atomic mass is 16.5. The van der Waals surface area contributed by atoms with Crippen LogP contribution >= 0.6 is 0 Å². The monoisotopic (exact) mass is 282 g/mol. The van der Waals surface area contributed by atoms with Gasteiger partial charge >= 0.3 is 0 Å². The van der Waals surface area contributed by atoms with Gasteiger partial charge in [-0.25, -0.2) is 0 Å².